The second kappa shape index (κ2) is 7.08. The number of hydrogen-bond acceptors (Lipinski definition) is 6. The number of halogens is 1. The van der Waals surface area contributed by atoms with Crippen molar-refractivity contribution >= 4 is 38.6 Å². The quantitative estimate of drug-likeness (QED) is 0.684. The Morgan fingerprint density at radius 2 is 2.04 bits per heavy atom. The van der Waals surface area contributed by atoms with Gasteiger partial charge in [-0.1, -0.05) is 15.9 Å². The van der Waals surface area contributed by atoms with Crippen LogP contribution in [0, 0.1) is 0 Å². The molecule has 0 fully saturated rings. The molecule has 0 aliphatic rings. The van der Waals surface area contributed by atoms with Crippen molar-refractivity contribution in [2.75, 3.05) is 5.32 Å². The Labute approximate surface area is 150 Å². The third kappa shape index (κ3) is 3.72. The van der Waals surface area contributed by atoms with Crippen molar-refractivity contribution in [1.29, 1.82) is 0 Å². The minimum Gasteiger partial charge on any atom is -0.387 e. The van der Waals surface area contributed by atoms with Gasteiger partial charge in [0.2, 0.25) is 11.9 Å². The summed E-state index contributed by atoms with van der Waals surface area (Å²) in [5.74, 6) is -0.352. The Morgan fingerprint density at radius 3 is 2.72 bits per heavy atom. The molecule has 1 amide bonds. The molecule has 1 atom stereocenters. The van der Waals surface area contributed by atoms with E-state index in [-0.39, 0.29) is 12.5 Å². The van der Waals surface area contributed by atoms with E-state index in [0.29, 0.717) is 16.5 Å². The number of amides is 1. The van der Waals surface area contributed by atoms with E-state index in [1.54, 1.807) is 31.2 Å². The second-order valence-electron chi connectivity index (χ2n) is 5.33. The number of hydrogen-bond donors (Lipinski definition) is 2. The highest BCUT2D eigenvalue weighted by molar-refractivity contribution is 9.10. The normalized spacial score (nSPS) is 12.1. The van der Waals surface area contributed by atoms with Crippen LogP contribution in [0.4, 0.5) is 5.95 Å². The van der Waals surface area contributed by atoms with Crippen LogP contribution in [-0.2, 0) is 11.3 Å². The highest BCUT2D eigenvalue weighted by atomic mass is 79.9. The summed E-state index contributed by atoms with van der Waals surface area (Å²) in [6.45, 7) is 1.23. The fraction of sp³-hybridized carbons (Fsp3) is 0.188. The molecule has 25 heavy (non-hydrogen) atoms. The standard InChI is InChI=1S/C16H14BrN5O3/c1-9(23)14-12-7-10(17)3-4-11(12)15(25)22(21-14)8-13(24)20-16-18-5-2-6-19-16/h2-7,9,23H,8H2,1H3,(H,18,19,20,24). The molecule has 1 aromatic carbocycles. The van der Waals surface area contributed by atoms with Crippen LogP contribution in [0.1, 0.15) is 18.7 Å². The monoisotopic (exact) mass is 403 g/mol. The highest BCUT2D eigenvalue weighted by Crippen LogP contribution is 2.23. The zero-order chi connectivity index (χ0) is 18.0. The number of aromatic nitrogens is 4. The number of aliphatic hydroxyl groups excluding tert-OH is 1. The van der Waals surface area contributed by atoms with Gasteiger partial charge in [0.25, 0.3) is 5.56 Å². The molecule has 0 saturated heterocycles. The van der Waals surface area contributed by atoms with E-state index in [1.165, 1.54) is 12.4 Å². The van der Waals surface area contributed by atoms with Crippen molar-refractivity contribution in [1.82, 2.24) is 19.7 Å². The molecule has 9 heteroatoms. The van der Waals surface area contributed by atoms with Crippen LogP contribution in [0.3, 0.4) is 0 Å². The Bertz CT molecular complexity index is 988. The lowest BCUT2D eigenvalue weighted by Crippen LogP contribution is -2.31. The largest absolute Gasteiger partial charge is 0.387 e. The first-order valence-corrected chi connectivity index (χ1v) is 8.20. The maximum atomic E-state index is 12.6. The summed E-state index contributed by atoms with van der Waals surface area (Å²) < 4.78 is 1.79. The Hall–Kier alpha value is -2.65. The number of aliphatic hydroxyl groups is 1. The molecule has 0 radical (unpaired) electrons. The SMILES string of the molecule is CC(O)c1nn(CC(=O)Nc2ncccn2)c(=O)c2ccc(Br)cc12. The van der Waals surface area contributed by atoms with Crippen molar-refractivity contribution in [2.24, 2.45) is 0 Å². The summed E-state index contributed by atoms with van der Waals surface area (Å²) in [6, 6.07) is 6.69. The smallest absolute Gasteiger partial charge is 0.275 e. The summed E-state index contributed by atoms with van der Waals surface area (Å²) in [5.41, 5.74) is -0.101. The van der Waals surface area contributed by atoms with E-state index >= 15 is 0 Å². The molecule has 0 saturated carbocycles. The molecule has 2 heterocycles. The molecule has 1 unspecified atom stereocenters. The first-order chi connectivity index (χ1) is 12.0. The molecule has 0 spiro atoms. The minimum absolute atomic E-state index is 0.140. The van der Waals surface area contributed by atoms with Crippen LogP contribution >= 0.6 is 15.9 Å². The first kappa shape index (κ1) is 17.2. The predicted octanol–water partition coefficient (Wildman–Crippen LogP) is 1.64. The van der Waals surface area contributed by atoms with Gasteiger partial charge < -0.3 is 5.11 Å². The summed E-state index contributed by atoms with van der Waals surface area (Å²) in [5, 5.41) is 17.5. The van der Waals surface area contributed by atoms with Crippen LogP contribution in [0.25, 0.3) is 10.8 Å². The van der Waals surface area contributed by atoms with Crippen molar-refractivity contribution in [3.63, 3.8) is 0 Å². The average molecular weight is 404 g/mol. The fourth-order valence-electron chi connectivity index (χ4n) is 2.36. The predicted molar refractivity (Wildman–Crippen MR) is 95.0 cm³/mol. The number of nitrogens with one attached hydrogen (secondary N) is 1. The summed E-state index contributed by atoms with van der Waals surface area (Å²) in [7, 11) is 0. The molecule has 3 aromatic rings. The number of nitrogens with zero attached hydrogens (tertiary/aromatic N) is 4. The number of carbonyl (C=O) groups excluding carboxylic acids is 1. The molecule has 8 nitrogen and oxygen atoms in total. The van der Waals surface area contributed by atoms with Gasteiger partial charge in [-0.2, -0.15) is 5.10 Å². The van der Waals surface area contributed by atoms with Gasteiger partial charge in [-0.25, -0.2) is 14.6 Å². The van der Waals surface area contributed by atoms with E-state index in [4.69, 9.17) is 0 Å². The summed E-state index contributed by atoms with van der Waals surface area (Å²) in [6.07, 6.45) is 2.09. The number of carbonyl (C=O) groups is 1. The zero-order valence-electron chi connectivity index (χ0n) is 13.2. The van der Waals surface area contributed by atoms with Crippen LogP contribution in [-0.4, -0.2) is 30.8 Å². The molecule has 0 bridgehead atoms. The number of anilines is 1. The van der Waals surface area contributed by atoms with E-state index in [1.807, 2.05) is 0 Å². The van der Waals surface area contributed by atoms with Crippen molar-refractivity contribution in [2.45, 2.75) is 19.6 Å². The van der Waals surface area contributed by atoms with Gasteiger partial charge >= 0.3 is 0 Å². The topological polar surface area (TPSA) is 110 Å². The fourth-order valence-corrected chi connectivity index (χ4v) is 2.72. The molecule has 0 aliphatic heterocycles. The summed E-state index contributed by atoms with van der Waals surface area (Å²) in [4.78, 5) is 32.5. The van der Waals surface area contributed by atoms with Gasteiger partial charge in [-0.3, -0.25) is 14.9 Å². The zero-order valence-corrected chi connectivity index (χ0v) is 14.8. The van der Waals surface area contributed by atoms with Crippen LogP contribution in [0.15, 0.2) is 45.9 Å². The van der Waals surface area contributed by atoms with Crippen molar-refractivity contribution in [3.05, 3.63) is 57.2 Å². The molecular formula is C16H14BrN5O3. The van der Waals surface area contributed by atoms with Crippen molar-refractivity contribution in [3.8, 4) is 0 Å². The Kier molecular flexibility index (Phi) is 4.86. The Morgan fingerprint density at radius 1 is 1.32 bits per heavy atom. The van der Waals surface area contributed by atoms with Gasteiger partial charge in [0.05, 0.1) is 17.2 Å². The Balaban J connectivity index is 1.99. The van der Waals surface area contributed by atoms with Gasteiger partial charge in [0.15, 0.2) is 0 Å². The number of fused-ring (bicyclic) bond motifs is 1. The van der Waals surface area contributed by atoms with Crippen LogP contribution in [0.5, 0.6) is 0 Å². The minimum atomic E-state index is -0.899. The van der Waals surface area contributed by atoms with E-state index in [2.05, 4.69) is 36.3 Å². The lowest BCUT2D eigenvalue weighted by atomic mass is 10.1. The lowest BCUT2D eigenvalue weighted by molar-refractivity contribution is -0.117. The van der Waals surface area contributed by atoms with Gasteiger partial charge in [-0.15, -0.1) is 0 Å². The summed E-state index contributed by atoms with van der Waals surface area (Å²) >= 11 is 3.34. The molecule has 128 valence electrons. The average Bonchev–Trinajstić information content (AvgIpc) is 2.57. The first-order valence-electron chi connectivity index (χ1n) is 7.41. The maximum absolute atomic E-state index is 12.6. The van der Waals surface area contributed by atoms with E-state index < -0.39 is 17.6 Å². The highest BCUT2D eigenvalue weighted by Gasteiger charge is 2.16. The van der Waals surface area contributed by atoms with E-state index in [0.717, 1.165) is 9.15 Å². The molecule has 2 N–H and O–H groups in total. The van der Waals surface area contributed by atoms with Gasteiger partial charge in [0.1, 0.15) is 6.54 Å². The molecule has 3 rings (SSSR count). The third-order valence-corrected chi connectivity index (χ3v) is 3.95. The lowest BCUT2D eigenvalue weighted by Gasteiger charge is -2.12. The maximum Gasteiger partial charge on any atom is 0.275 e. The number of benzene rings is 1. The van der Waals surface area contributed by atoms with Crippen molar-refractivity contribution < 1.29 is 9.90 Å². The van der Waals surface area contributed by atoms with Gasteiger partial charge in [-0.05, 0) is 31.2 Å². The second-order valence-corrected chi connectivity index (χ2v) is 6.25. The molecular weight excluding hydrogens is 390 g/mol. The number of rotatable bonds is 4. The molecule has 2 aromatic heterocycles. The van der Waals surface area contributed by atoms with Crippen LogP contribution < -0.4 is 10.9 Å². The third-order valence-electron chi connectivity index (χ3n) is 3.46. The van der Waals surface area contributed by atoms with Crippen LogP contribution in [0.2, 0.25) is 0 Å². The van der Waals surface area contributed by atoms with E-state index in [9.17, 15) is 14.7 Å². The molecule has 0 aliphatic carbocycles. The van der Waals surface area contributed by atoms with Gasteiger partial charge in [0, 0.05) is 22.3 Å².